The maximum absolute atomic E-state index is 10.7. The zero-order valence-electron chi connectivity index (χ0n) is 11.3. The maximum Gasteiger partial charge on any atom is 0.256 e. The predicted octanol–water partition coefficient (Wildman–Crippen LogP) is 4.53. The Balaban J connectivity index is 0.000000211. The lowest BCUT2D eigenvalue weighted by Crippen LogP contribution is -1.95. The van der Waals surface area contributed by atoms with E-state index < -0.39 is 5.24 Å². The van der Waals surface area contributed by atoms with Crippen LogP contribution in [0.1, 0.15) is 15.9 Å². The molecular weight excluding hydrogens is 333 g/mol. The van der Waals surface area contributed by atoms with Gasteiger partial charge in [-0.1, -0.05) is 41.4 Å². The second-order valence-corrected chi connectivity index (χ2v) is 5.08. The molecule has 0 amide bonds. The zero-order chi connectivity index (χ0) is 15.8. The van der Waals surface area contributed by atoms with Gasteiger partial charge in [0.25, 0.3) is 5.24 Å². The van der Waals surface area contributed by atoms with Crippen LogP contribution in [0.5, 0.6) is 5.75 Å². The van der Waals surface area contributed by atoms with E-state index in [-0.39, 0.29) is 0 Å². The van der Waals surface area contributed by atoms with Gasteiger partial charge >= 0.3 is 0 Å². The van der Waals surface area contributed by atoms with E-state index in [2.05, 4.69) is 0 Å². The van der Waals surface area contributed by atoms with Gasteiger partial charge in [-0.25, -0.2) is 0 Å². The average molecular weight is 347 g/mol. The molecule has 0 spiro atoms. The second kappa shape index (κ2) is 8.90. The molecule has 0 saturated carbocycles. The van der Waals surface area contributed by atoms with Crippen LogP contribution >= 0.6 is 34.8 Å². The third-order valence-corrected chi connectivity index (χ3v) is 3.48. The van der Waals surface area contributed by atoms with Crippen molar-refractivity contribution < 1.29 is 9.53 Å². The van der Waals surface area contributed by atoms with Crippen LogP contribution in [-0.4, -0.2) is 12.4 Å². The van der Waals surface area contributed by atoms with Gasteiger partial charge < -0.3 is 10.5 Å². The molecule has 0 atom stereocenters. The number of hydrogen-bond acceptors (Lipinski definition) is 3. The number of ether oxygens (including phenoxy) is 1. The minimum Gasteiger partial charge on any atom is -0.496 e. The molecule has 0 radical (unpaired) electrons. The Morgan fingerprint density at radius 3 is 2.29 bits per heavy atom. The van der Waals surface area contributed by atoms with Crippen molar-refractivity contribution in [1.29, 1.82) is 0 Å². The Bertz CT molecular complexity index is 618. The standard InChI is InChI=1S/C8H7ClO2.C7H7Cl2N/c1-11-7-5-3-2-4-6(7)8(9)10;8-6-2-1-5(4-10)3-7(6)9/h2-5H,1H3;1-3H,4,10H2. The fourth-order valence-corrected chi connectivity index (χ4v) is 1.95. The van der Waals surface area contributed by atoms with Crippen molar-refractivity contribution in [2.45, 2.75) is 6.54 Å². The SMILES string of the molecule is COc1ccccc1C(=O)Cl.NCc1ccc(Cl)c(Cl)c1. The summed E-state index contributed by atoms with van der Waals surface area (Å²) in [6.07, 6.45) is 0. The van der Waals surface area contributed by atoms with Crippen LogP contribution in [0.2, 0.25) is 10.0 Å². The molecule has 0 aliphatic rings. The molecular formula is C15H14Cl3NO2. The molecule has 0 bridgehead atoms. The van der Waals surface area contributed by atoms with Gasteiger partial charge in [-0.05, 0) is 41.4 Å². The van der Waals surface area contributed by atoms with E-state index in [1.807, 2.05) is 6.07 Å². The molecule has 21 heavy (non-hydrogen) atoms. The lowest BCUT2D eigenvalue weighted by atomic mass is 10.2. The molecule has 112 valence electrons. The molecule has 0 aromatic heterocycles. The highest BCUT2D eigenvalue weighted by Gasteiger charge is 2.06. The van der Waals surface area contributed by atoms with Gasteiger partial charge in [0.2, 0.25) is 0 Å². The highest BCUT2D eigenvalue weighted by atomic mass is 35.5. The highest BCUT2D eigenvalue weighted by molar-refractivity contribution is 6.68. The first-order valence-electron chi connectivity index (χ1n) is 5.96. The van der Waals surface area contributed by atoms with Gasteiger partial charge in [0.05, 0.1) is 22.7 Å². The van der Waals surface area contributed by atoms with E-state index in [0.29, 0.717) is 27.9 Å². The van der Waals surface area contributed by atoms with Crippen molar-refractivity contribution in [3.8, 4) is 5.75 Å². The largest absolute Gasteiger partial charge is 0.496 e. The van der Waals surface area contributed by atoms with Gasteiger partial charge in [-0.2, -0.15) is 0 Å². The number of nitrogens with two attached hydrogens (primary N) is 1. The van der Waals surface area contributed by atoms with E-state index in [1.165, 1.54) is 7.11 Å². The highest BCUT2D eigenvalue weighted by Crippen LogP contribution is 2.22. The molecule has 3 nitrogen and oxygen atoms in total. The molecule has 2 aromatic carbocycles. The van der Waals surface area contributed by atoms with Crippen LogP contribution in [0.25, 0.3) is 0 Å². The molecule has 0 aliphatic carbocycles. The van der Waals surface area contributed by atoms with Crippen LogP contribution < -0.4 is 10.5 Å². The quantitative estimate of drug-likeness (QED) is 0.831. The van der Waals surface area contributed by atoms with E-state index in [4.69, 9.17) is 45.3 Å². The first kappa shape index (κ1) is 17.8. The van der Waals surface area contributed by atoms with Crippen molar-refractivity contribution in [1.82, 2.24) is 0 Å². The van der Waals surface area contributed by atoms with E-state index in [1.54, 1.807) is 36.4 Å². The van der Waals surface area contributed by atoms with Crippen molar-refractivity contribution in [2.24, 2.45) is 5.73 Å². The van der Waals surface area contributed by atoms with Crippen LogP contribution in [-0.2, 0) is 6.54 Å². The summed E-state index contributed by atoms with van der Waals surface area (Å²) in [6.45, 7) is 0.497. The second-order valence-electron chi connectivity index (χ2n) is 3.93. The summed E-state index contributed by atoms with van der Waals surface area (Å²) in [4.78, 5) is 10.7. The number of halogens is 3. The molecule has 0 aliphatic heterocycles. The van der Waals surface area contributed by atoms with Gasteiger partial charge in [0.15, 0.2) is 0 Å². The molecule has 0 saturated heterocycles. The van der Waals surface area contributed by atoms with E-state index in [9.17, 15) is 4.79 Å². The van der Waals surface area contributed by atoms with E-state index in [0.717, 1.165) is 5.56 Å². The number of rotatable bonds is 3. The fourth-order valence-electron chi connectivity index (χ4n) is 1.47. The summed E-state index contributed by atoms with van der Waals surface area (Å²) in [6, 6.07) is 12.2. The Morgan fingerprint density at radius 1 is 1.14 bits per heavy atom. The summed E-state index contributed by atoms with van der Waals surface area (Å²) in [7, 11) is 1.50. The van der Waals surface area contributed by atoms with Crippen molar-refractivity contribution in [3.63, 3.8) is 0 Å². The van der Waals surface area contributed by atoms with Crippen LogP contribution in [0.15, 0.2) is 42.5 Å². The maximum atomic E-state index is 10.7. The first-order chi connectivity index (χ1) is 9.99. The molecule has 6 heteroatoms. The Kier molecular flexibility index (Phi) is 7.54. The third kappa shape index (κ3) is 5.56. The topological polar surface area (TPSA) is 52.3 Å². The van der Waals surface area contributed by atoms with Crippen LogP contribution in [0, 0.1) is 0 Å². The van der Waals surface area contributed by atoms with Gasteiger partial charge in [-0.15, -0.1) is 0 Å². The van der Waals surface area contributed by atoms with Crippen LogP contribution in [0.4, 0.5) is 0 Å². The number of benzene rings is 2. The van der Waals surface area contributed by atoms with Crippen LogP contribution in [0.3, 0.4) is 0 Å². The number of para-hydroxylation sites is 1. The molecule has 0 heterocycles. The third-order valence-electron chi connectivity index (χ3n) is 2.54. The van der Waals surface area contributed by atoms with Gasteiger partial charge in [-0.3, -0.25) is 4.79 Å². The summed E-state index contributed by atoms with van der Waals surface area (Å²) in [5.74, 6) is 0.507. The summed E-state index contributed by atoms with van der Waals surface area (Å²) >= 11 is 16.6. The Labute approximate surface area is 138 Å². The predicted molar refractivity (Wildman–Crippen MR) is 87.5 cm³/mol. The normalized spacial score (nSPS) is 9.57. The molecule has 2 rings (SSSR count). The molecule has 2 aromatic rings. The average Bonchev–Trinajstić information content (AvgIpc) is 2.50. The van der Waals surface area contributed by atoms with Gasteiger partial charge in [0.1, 0.15) is 5.75 Å². The summed E-state index contributed by atoms with van der Waals surface area (Å²) < 4.78 is 4.90. The Morgan fingerprint density at radius 2 is 1.81 bits per heavy atom. The number of hydrogen-bond donors (Lipinski definition) is 1. The minimum absolute atomic E-state index is 0.400. The summed E-state index contributed by atoms with van der Waals surface area (Å²) in [5.41, 5.74) is 6.76. The Hall–Kier alpha value is -1.26. The smallest absolute Gasteiger partial charge is 0.256 e. The number of carbonyl (C=O) groups is 1. The first-order valence-corrected chi connectivity index (χ1v) is 7.09. The minimum atomic E-state index is -0.498. The monoisotopic (exact) mass is 345 g/mol. The zero-order valence-corrected chi connectivity index (χ0v) is 13.5. The molecule has 0 unspecified atom stereocenters. The lowest BCUT2D eigenvalue weighted by molar-refractivity contribution is 0.107. The number of methoxy groups -OCH3 is 1. The summed E-state index contributed by atoms with van der Waals surface area (Å²) in [5, 5.41) is 0.630. The van der Waals surface area contributed by atoms with Crippen molar-refractivity contribution in [2.75, 3.05) is 7.11 Å². The van der Waals surface area contributed by atoms with Gasteiger partial charge in [0, 0.05) is 6.54 Å². The molecule has 2 N–H and O–H groups in total. The van der Waals surface area contributed by atoms with Crippen molar-refractivity contribution in [3.05, 3.63) is 63.6 Å². The lowest BCUT2D eigenvalue weighted by Gasteiger charge is -2.01. The fraction of sp³-hybridized carbons (Fsp3) is 0.133. The molecule has 0 fully saturated rings. The van der Waals surface area contributed by atoms with Crippen molar-refractivity contribution >= 4 is 40.0 Å². The van der Waals surface area contributed by atoms with E-state index >= 15 is 0 Å². The number of carbonyl (C=O) groups excluding carboxylic acids is 1.